The van der Waals surface area contributed by atoms with E-state index in [1.54, 1.807) is 32.9 Å². The number of furan rings is 1. The van der Waals surface area contributed by atoms with Gasteiger partial charge in [0.25, 0.3) is 0 Å². The highest BCUT2D eigenvalue weighted by atomic mass is 32.1. The van der Waals surface area contributed by atoms with Crippen LogP contribution in [0.3, 0.4) is 0 Å². The van der Waals surface area contributed by atoms with Crippen molar-refractivity contribution in [2.45, 2.75) is 39.2 Å². The molecule has 0 spiro atoms. The molecule has 6 heteroatoms. The van der Waals surface area contributed by atoms with Gasteiger partial charge < -0.3 is 14.8 Å². The van der Waals surface area contributed by atoms with Gasteiger partial charge in [-0.2, -0.15) is 0 Å². The SMILES string of the molecule is Cc1cc(C(C)(O)CNC(=O)CCC(=O)c2cccs2)c(C)o1. The van der Waals surface area contributed by atoms with E-state index >= 15 is 0 Å². The molecule has 1 amide bonds. The van der Waals surface area contributed by atoms with Crippen molar-refractivity contribution in [1.29, 1.82) is 0 Å². The molecule has 2 heterocycles. The Morgan fingerprint density at radius 3 is 2.65 bits per heavy atom. The Labute approximate surface area is 139 Å². The Kier molecular flexibility index (Phi) is 5.38. The van der Waals surface area contributed by atoms with Crippen molar-refractivity contribution < 1.29 is 19.1 Å². The Balaban J connectivity index is 1.84. The lowest BCUT2D eigenvalue weighted by Gasteiger charge is -2.23. The summed E-state index contributed by atoms with van der Waals surface area (Å²) in [6.45, 7) is 5.28. The quantitative estimate of drug-likeness (QED) is 0.763. The number of carbonyl (C=O) groups is 2. The van der Waals surface area contributed by atoms with Crippen LogP contribution in [-0.4, -0.2) is 23.3 Å². The summed E-state index contributed by atoms with van der Waals surface area (Å²) >= 11 is 1.37. The van der Waals surface area contributed by atoms with Crippen LogP contribution in [0.2, 0.25) is 0 Å². The number of aliphatic hydroxyl groups is 1. The van der Waals surface area contributed by atoms with Gasteiger partial charge in [0.05, 0.1) is 11.4 Å². The van der Waals surface area contributed by atoms with Gasteiger partial charge in [-0.25, -0.2) is 0 Å². The number of thiophene rings is 1. The van der Waals surface area contributed by atoms with Gasteiger partial charge in [0.1, 0.15) is 17.1 Å². The van der Waals surface area contributed by atoms with Crippen molar-refractivity contribution in [3.05, 3.63) is 45.5 Å². The standard InChI is InChI=1S/C17H21NO4S/c1-11-9-13(12(2)22-11)17(3,21)10-18-16(20)7-6-14(19)15-5-4-8-23-15/h4-5,8-9,21H,6-7,10H2,1-3H3,(H,18,20). The van der Waals surface area contributed by atoms with Gasteiger partial charge in [0.2, 0.25) is 5.91 Å². The number of aryl methyl sites for hydroxylation is 2. The zero-order chi connectivity index (χ0) is 17.0. The molecule has 2 aromatic heterocycles. The third-order valence-corrected chi connectivity index (χ3v) is 4.54. The summed E-state index contributed by atoms with van der Waals surface area (Å²) in [7, 11) is 0. The van der Waals surface area contributed by atoms with Crippen LogP contribution in [0.15, 0.2) is 28.0 Å². The van der Waals surface area contributed by atoms with Crippen LogP contribution in [0.4, 0.5) is 0 Å². The molecule has 0 bridgehead atoms. The number of nitrogens with one attached hydrogen (secondary N) is 1. The monoisotopic (exact) mass is 335 g/mol. The molecule has 0 saturated carbocycles. The number of carbonyl (C=O) groups excluding carboxylic acids is 2. The number of hydrogen-bond donors (Lipinski definition) is 2. The molecular weight excluding hydrogens is 314 g/mol. The Morgan fingerprint density at radius 1 is 1.35 bits per heavy atom. The first-order valence-electron chi connectivity index (χ1n) is 7.43. The van der Waals surface area contributed by atoms with Crippen LogP contribution in [0.1, 0.15) is 46.5 Å². The molecule has 1 atom stereocenters. The number of hydrogen-bond acceptors (Lipinski definition) is 5. The third kappa shape index (κ3) is 4.53. The first-order valence-corrected chi connectivity index (χ1v) is 8.31. The fourth-order valence-electron chi connectivity index (χ4n) is 2.41. The molecule has 0 aromatic carbocycles. The highest BCUT2D eigenvalue weighted by Crippen LogP contribution is 2.26. The lowest BCUT2D eigenvalue weighted by Crippen LogP contribution is -2.38. The molecule has 2 rings (SSSR count). The van der Waals surface area contributed by atoms with E-state index in [2.05, 4.69) is 5.32 Å². The highest BCUT2D eigenvalue weighted by molar-refractivity contribution is 7.12. The largest absolute Gasteiger partial charge is 0.466 e. The molecule has 0 aliphatic rings. The maximum atomic E-state index is 11.9. The van der Waals surface area contributed by atoms with Crippen LogP contribution < -0.4 is 5.32 Å². The van der Waals surface area contributed by atoms with E-state index in [1.807, 2.05) is 11.4 Å². The first kappa shape index (κ1) is 17.4. The Hall–Kier alpha value is -1.92. The number of Topliss-reactive ketones (excluding diaryl/α,β-unsaturated/α-hetero) is 1. The van der Waals surface area contributed by atoms with Gasteiger partial charge in [0.15, 0.2) is 5.78 Å². The smallest absolute Gasteiger partial charge is 0.220 e. The van der Waals surface area contributed by atoms with E-state index in [9.17, 15) is 14.7 Å². The Morgan fingerprint density at radius 2 is 2.09 bits per heavy atom. The average Bonchev–Trinajstić information content (AvgIpc) is 3.12. The van der Waals surface area contributed by atoms with Crippen LogP contribution in [0.25, 0.3) is 0 Å². The van der Waals surface area contributed by atoms with Crippen molar-refractivity contribution in [2.75, 3.05) is 6.54 Å². The number of rotatable bonds is 7. The highest BCUT2D eigenvalue weighted by Gasteiger charge is 2.28. The van der Waals surface area contributed by atoms with Crippen LogP contribution in [0.5, 0.6) is 0 Å². The fourth-order valence-corrected chi connectivity index (χ4v) is 3.10. The van der Waals surface area contributed by atoms with Gasteiger partial charge in [-0.05, 0) is 38.3 Å². The Bertz CT molecular complexity index is 686. The maximum Gasteiger partial charge on any atom is 0.220 e. The second-order valence-electron chi connectivity index (χ2n) is 5.78. The molecule has 2 N–H and O–H groups in total. The second-order valence-corrected chi connectivity index (χ2v) is 6.73. The minimum absolute atomic E-state index is 0.0387. The van der Waals surface area contributed by atoms with Crippen LogP contribution in [0, 0.1) is 13.8 Å². The molecule has 2 aromatic rings. The normalized spacial score (nSPS) is 13.6. The minimum atomic E-state index is -1.21. The van der Waals surface area contributed by atoms with Crippen LogP contribution >= 0.6 is 11.3 Å². The predicted octanol–water partition coefficient (Wildman–Crippen LogP) is 2.94. The summed E-state index contributed by atoms with van der Waals surface area (Å²) in [4.78, 5) is 24.4. The van der Waals surface area contributed by atoms with Gasteiger partial charge >= 0.3 is 0 Å². The molecule has 0 aliphatic heterocycles. The van der Waals surface area contributed by atoms with E-state index in [-0.39, 0.29) is 31.1 Å². The van der Waals surface area contributed by atoms with E-state index < -0.39 is 5.60 Å². The van der Waals surface area contributed by atoms with Gasteiger partial charge in [-0.1, -0.05) is 6.07 Å². The summed E-state index contributed by atoms with van der Waals surface area (Å²) in [6, 6.07) is 5.33. The molecule has 124 valence electrons. The van der Waals surface area contributed by atoms with E-state index in [1.165, 1.54) is 11.3 Å². The average molecular weight is 335 g/mol. The van der Waals surface area contributed by atoms with Crippen molar-refractivity contribution in [2.24, 2.45) is 0 Å². The fraction of sp³-hybridized carbons (Fsp3) is 0.412. The van der Waals surface area contributed by atoms with Gasteiger partial charge in [-0.15, -0.1) is 11.3 Å². The van der Waals surface area contributed by atoms with Crippen molar-refractivity contribution in [3.8, 4) is 0 Å². The van der Waals surface area contributed by atoms with E-state index in [4.69, 9.17) is 4.42 Å². The maximum absolute atomic E-state index is 11.9. The van der Waals surface area contributed by atoms with E-state index in [0.29, 0.717) is 22.0 Å². The zero-order valence-electron chi connectivity index (χ0n) is 13.5. The molecule has 0 aliphatic carbocycles. The molecular formula is C17H21NO4S. The van der Waals surface area contributed by atoms with Gasteiger partial charge in [0, 0.05) is 18.4 Å². The molecule has 0 fully saturated rings. The summed E-state index contributed by atoms with van der Waals surface area (Å²) < 4.78 is 5.41. The molecule has 0 radical (unpaired) electrons. The molecule has 0 saturated heterocycles. The number of ketones is 1. The summed E-state index contributed by atoms with van der Waals surface area (Å²) in [6.07, 6.45) is 0.272. The second kappa shape index (κ2) is 7.10. The minimum Gasteiger partial charge on any atom is -0.466 e. The lowest BCUT2D eigenvalue weighted by molar-refractivity contribution is -0.122. The molecule has 23 heavy (non-hydrogen) atoms. The van der Waals surface area contributed by atoms with Crippen molar-refractivity contribution >= 4 is 23.0 Å². The summed E-state index contributed by atoms with van der Waals surface area (Å²) in [5.74, 6) is 1.05. The third-order valence-electron chi connectivity index (χ3n) is 3.63. The van der Waals surface area contributed by atoms with E-state index in [0.717, 1.165) is 0 Å². The zero-order valence-corrected chi connectivity index (χ0v) is 14.3. The van der Waals surface area contributed by atoms with Gasteiger partial charge in [-0.3, -0.25) is 9.59 Å². The molecule has 1 unspecified atom stereocenters. The topological polar surface area (TPSA) is 79.5 Å². The summed E-state index contributed by atoms with van der Waals surface area (Å²) in [5.41, 5.74) is -0.556. The summed E-state index contributed by atoms with van der Waals surface area (Å²) in [5, 5.41) is 15.0. The molecule has 5 nitrogen and oxygen atoms in total. The van der Waals surface area contributed by atoms with Crippen LogP contribution in [-0.2, 0) is 10.4 Å². The number of amides is 1. The van der Waals surface area contributed by atoms with Crippen molar-refractivity contribution in [3.63, 3.8) is 0 Å². The predicted molar refractivity (Wildman–Crippen MR) is 88.6 cm³/mol. The first-order chi connectivity index (χ1) is 10.8. The van der Waals surface area contributed by atoms with Crippen molar-refractivity contribution in [1.82, 2.24) is 5.32 Å². The lowest BCUT2D eigenvalue weighted by atomic mass is 9.96.